The van der Waals surface area contributed by atoms with Crippen molar-refractivity contribution in [3.8, 4) is 5.69 Å². The fraction of sp³-hybridized carbons (Fsp3) is 0.158. The van der Waals surface area contributed by atoms with Crippen LogP contribution in [0, 0.1) is 13.8 Å². The Morgan fingerprint density at radius 1 is 1.12 bits per heavy atom. The summed E-state index contributed by atoms with van der Waals surface area (Å²) in [6, 6.07) is 12.4. The molecule has 0 atom stereocenters. The van der Waals surface area contributed by atoms with E-state index in [4.69, 9.17) is 4.98 Å². The summed E-state index contributed by atoms with van der Waals surface area (Å²) in [6.07, 6.45) is 5.95. The molecule has 5 heteroatoms. The highest BCUT2D eigenvalue weighted by Crippen LogP contribution is 2.25. The summed E-state index contributed by atoms with van der Waals surface area (Å²) in [6.45, 7) is 4.25. The van der Waals surface area contributed by atoms with Gasteiger partial charge in [0.15, 0.2) is 5.16 Å². The average molecular weight is 334 g/mol. The summed E-state index contributed by atoms with van der Waals surface area (Å²) in [4.78, 5) is 12.6. The quantitative estimate of drug-likeness (QED) is 0.552. The Morgan fingerprint density at radius 3 is 2.79 bits per heavy atom. The highest BCUT2D eigenvalue weighted by molar-refractivity contribution is 7.98. The number of imidazole rings is 1. The molecule has 0 aliphatic heterocycles. The van der Waals surface area contributed by atoms with Crippen LogP contribution in [0.1, 0.15) is 16.8 Å². The van der Waals surface area contributed by atoms with Gasteiger partial charge < -0.3 is 9.55 Å². The van der Waals surface area contributed by atoms with Crippen molar-refractivity contribution in [1.82, 2.24) is 19.5 Å². The molecule has 0 spiro atoms. The van der Waals surface area contributed by atoms with Crippen molar-refractivity contribution >= 4 is 22.8 Å². The second kappa shape index (κ2) is 6.17. The van der Waals surface area contributed by atoms with E-state index in [1.165, 1.54) is 11.1 Å². The van der Waals surface area contributed by atoms with Crippen LogP contribution in [0.3, 0.4) is 0 Å². The molecule has 4 rings (SSSR count). The third-order valence-electron chi connectivity index (χ3n) is 4.27. The van der Waals surface area contributed by atoms with Crippen LogP contribution < -0.4 is 0 Å². The number of aromatic amines is 1. The van der Waals surface area contributed by atoms with E-state index in [2.05, 4.69) is 46.6 Å². The Bertz CT molecular complexity index is 986. The van der Waals surface area contributed by atoms with Gasteiger partial charge in [0.1, 0.15) is 0 Å². The van der Waals surface area contributed by atoms with Gasteiger partial charge >= 0.3 is 0 Å². The standard InChI is InChI=1S/C19H18N4S/c1-13-7-8-20-18(14(13)2)12-24-19-21-16-6-5-15(11-17(16)22-19)23-9-3-4-10-23/h3-11H,12H2,1-2H3,(H,21,22). The van der Waals surface area contributed by atoms with E-state index in [9.17, 15) is 0 Å². The lowest BCUT2D eigenvalue weighted by molar-refractivity contribution is 1.06. The topological polar surface area (TPSA) is 46.5 Å². The van der Waals surface area contributed by atoms with Gasteiger partial charge in [-0.2, -0.15) is 0 Å². The molecule has 0 unspecified atom stereocenters. The van der Waals surface area contributed by atoms with E-state index in [-0.39, 0.29) is 0 Å². The van der Waals surface area contributed by atoms with Crippen LogP contribution in [0.15, 0.2) is 60.1 Å². The van der Waals surface area contributed by atoms with Gasteiger partial charge in [0, 0.05) is 30.0 Å². The van der Waals surface area contributed by atoms with Crippen molar-refractivity contribution in [3.05, 3.63) is 71.8 Å². The summed E-state index contributed by atoms with van der Waals surface area (Å²) in [7, 11) is 0. The largest absolute Gasteiger partial charge is 0.333 e. The molecule has 0 aliphatic rings. The molecule has 0 radical (unpaired) electrons. The third kappa shape index (κ3) is 2.83. The molecular weight excluding hydrogens is 316 g/mol. The summed E-state index contributed by atoms with van der Waals surface area (Å²) >= 11 is 1.69. The number of hydrogen-bond donors (Lipinski definition) is 1. The van der Waals surface area contributed by atoms with E-state index in [0.717, 1.165) is 33.3 Å². The van der Waals surface area contributed by atoms with Crippen LogP contribution in [0.2, 0.25) is 0 Å². The Kier molecular flexibility index (Phi) is 3.86. The maximum Gasteiger partial charge on any atom is 0.166 e. The molecule has 4 nitrogen and oxygen atoms in total. The van der Waals surface area contributed by atoms with E-state index in [1.807, 2.05) is 36.8 Å². The van der Waals surface area contributed by atoms with Gasteiger partial charge in [-0.1, -0.05) is 11.8 Å². The average Bonchev–Trinajstić information content (AvgIpc) is 3.24. The van der Waals surface area contributed by atoms with Gasteiger partial charge in [0.2, 0.25) is 0 Å². The third-order valence-corrected chi connectivity index (χ3v) is 5.16. The summed E-state index contributed by atoms with van der Waals surface area (Å²) < 4.78 is 2.08. The molecule has 120 valence electrons. The van der Waals surface area contributed by atoms with E-state index in [1.54, 1.807) is 11.8 Å². The molecule has 0 fully saturated rings. The lowest BCUT2D eigenvalue weighted by Gasteiger charge is -2.05. The van der Waals surface area contributed by atoms with Crippen molar-refractivity contribution in [2.75, 3.05) is 0 Å². The van der Waals surface area contributed by atoms with Crippen molar-refractivity contribution in [1.29, 1.82) is 0 Å². The van der Waals surface area contributed by atoms with Crippen LogP contribution in [-0.2, 0) is 5.75 Å². The number of thioether (sulfide) groups is 1. The molecule has 0 saturated carbocycles. The van der Waals surface area contributed by atoms with Crippen molar-refractivity contribution in [2.24, 2.45) is 0 Å². The molecule has 1 N–H and O–H groups in total. The number of H-pyrrole nitrogens is 1. The minimum absolute atomic E-state index is 0.817. The Labute approximate surface area is 145 Å². The molecule has 3 heterocycles. The maximum absolute atomic E-state index is 4.72. The lowest BCUT2D eigenvalue weighted by Crippen LogP contribution is -1.94. The maximum atomic E-state index is 4.72. The van der Waals surface area contributed by atoms with Crippen LogP contribution in [0.4, 0.5) is 0 Å². The minimum atomic E-state index is 0.817. The first-order chi connectivity index (χ1) is 11.7. The fourth-order valence-corrected chi connectivity index (χ4v) is 3.59. The zero-order chi connectivity index (χ0) is 16.5. The molecule has 1 aromatic carbocycles. The second-order valence-electron chi connectivity index (χ2n) is 5.82. The number of benzene rings is 1. The summed E-state index contributed by atoms with van der Waals surface area (Å²) in [5.41, 5.74) is 6.82. The predicted molar refractivity (Wildman–Crippen MR) is 98.7 cm³/mol. The van der Waals surface area contributed by atoms with Gasteiger partial charge in [-0.15, -0.1) is 0 Å². The van der Waals surface area contributed by atoms with Crippen molar-refractivity contribution in [2.45, 2.75) is 24.8 Å². The Morgan fingerprint density at radius 2 is 1.96 bits per heavy atom. The zero-order valence-electron chi connectivity index (χ0n) is 13.7. The van der Waals surface area contributed by atoms with Gasteiger partial charge in [-0.05, 0) is 61.4 Å². The SMILES string of the molecule is Cc1ccnc(CSc2nc3cc(-n4cccc4)ccc3[nH]2)c1C. The van der Waals surface area contributed by atoms with E-state index in [0.29, 0.717) is 0 Å². The molecule has 24 heavy (non-hydrogen) atoms. The monoisotopic (exact) mass is 334 g/mol. The predicted octanol–water partition coefficient (Wildman–Crippen LogP) is 4.66. The first-order valence-electron chi connectivity index (χ1n) is 7.88. The van der Waals surface area contributed by atoms with Gasteiger partial charge in [0.05, 0.1) is 16.7 Å². The molecular formula is C19H18N4S. The normalized spacial score (nSPS) is 11.2. The van der Waals surface area contributed by atoms with Crippen LogP contribution in [0.5, 0.6) is 0 Å². The smallest absolute Gasteiger partial charge is 0.166 e. The number of fused-ring (bicyclic) bond motifs is 1. The Hall–Kier alpha value is -2.53. The second-order valence-corrected chi connectivity index (χ2v) is 6.79. The highest BCUT2D eigenvalue weighted by Gasteiger charge is 2.08. The molecule has 0 saturated heterocycles. The summed E-state index contributed by atoms with van der Waals surface area (Å²) in [5.74, 6) is 0.817. The minimum Gasteiger partial charge on any atom is -0.333 e. The molecule has 4 aromatic rings. The number of aromatic nitrogens is 4. The number of nitrogens with zero attached hydrogens (tertiary/aromatic N) is 3. The first kappa shape index (κ1) is 15.0. The van der Waals surface area contributed by atoms with Gasteiger partial charge in [0.25, 0.3) is 0 Å². The zero-order valence-corrected chi connectivity index (χ0v) is 14.5. The number of nitrogens with one attached hydrogen (secondary N) is 1. The van der Waals surface area contributed by atoms with E-state index < -0.39 is 0 Å². The van der Waals surface area contributed by atoms with Gasteiger partial charge in [-0.3, -0.25) is 4.98 Å². The van der Waals surface area contributed by atoms with Crippen LogP contribution in [-0.4, -0.2) is 19.5 Å². The van der Waals surface area contributed by atoms with Crippen molar-refractivity contribution in [3.63, 3.8) is 0 Å². The molecule has 0 amide bonds. The fourth-order valence-electron chi connectivity index (χ4n) is 2.68. The molecule has 0 aliphatic carbocycles. The molecule has 0 bridgehead atoms. The first-order valence-corrected chi connectivity index (χ1v) is 8.86. The Balaban J connectivity index is 1.58. The highest BCUT2D eigenvalue weighted by atomic mass is 32.2. The number of aryl methyl sites for hydroxylation is 1. The van der Waals surface area contributed by atoms with Gasteiger partial charge in [-0.25, -0.2) is 4.98 Å². The number of pyridine rings is 1. The van der Waals surface area contributed by atoms with E-state index >= 15 is 0 Å². The number of hydrogen-bond acceptors (Lipinski definition) is 3. The lowest BCUT2D eigenvalue weighted by atomic mass is 10.1. The van der Waals surface area contributed by atoms with Crippen LogP contribution >= 0.6 is 11.8 Å². The van der Waals surface area contributed by atoms with Crippen LogP contribution in [0.25, 0.3) is 16.7 Å². The molecule has 3 aromatic heterocycles. The number of rotatable bonds is 4. The van der Waals surface area contributed by atoms with Crippen molar-refractivity contribution < 1.29 is 0 Å². The summed E-state index contributed by atoms with van der Waals surface area (Å²) in [5, 5.41) is 0.928.